The van der Waals surface area contributed by atoms with Gasteiger partial charge in [0, 0.05) is 6.54 Å². The molecule has 1 aliphatic rings. The third-order valence-electron chi connectivity index (χ3n) is 2.85. The topological polar surface area (TPSA) is 12.0 Å². The quantitative estimate of drug-likeness (QED) is 0.552. The van der Waals surface area contributed by atoms with E-state index in [-0.39, 0.29) is 0 Å². The predicted molar refractivity (Wildman–Crippen MR) is 60.4 cm³/mol. The van der Waals surface area contributed by atoms with Crippen LogP contribution in [0.3, 0.4) is 0 Å². The zero-order valence-corrected chi connectivity index (χ0v) is 8.45. The fourth-order valence-electron chi connectivity index (χ4n) is 1.95. The van der Waals surface area contributed by atoms with Gasteiger partial charge in [-0.05, 0) is 30.4 Å². The lowest BCUT2D eigenvalue weighted by Gasteiger charge is -2.01. The molecule has 1 aromatic rings. The summed E-state index contributed by atoms with van der Waals surface area (Å²) >= 11 is 0. The van der Waals surface area contributed by atoms with E-state index in [1.807, 2.05) is 6.08 Å². The van der Waals surface area contributed by atoms with E-state index in [2.05, 4.69) is 42.2 Å². The molecule has 1 nitrogen and oxygen atoms in total. The Morgan fingerprint density at radius 1 is 1.36 bits per heavy atom. The largest absolute Gasteiger partial charge is 0.313 e. The van der Waals surface area contributed by atoms with Crippen molar-refractivity contribution >= 4 is 0 Å². The minimum atomic E-state index is 0.800. The van der Waals surface area contributed by atoms with E-state index in [1.54, 1.807) is 0 Å². The first-order valence-corrected chi connectivity index (χ1v) is 5.28. The number of hydrogen-bond donors (Lipinski definition) is 1. The summed E-state index contributed by atoms with van der Waals surface area (Å²) in [6, 6.07) is 10.8. The second-order valence-electron chi connectivity index (χ2n) is 3.96. The van der Waals surface area contributed by atoms with Gasteiger partial charge < -0.3 is 5.32 Å². The molecule has 0 saturated heterocycles. The Bertz CT molecular complexity index is 291. The van der Waals surface area contributed by atoms with Crippen LogP contribution in [0, 0.1) is 5.92 Å². The molecule has 2 atom stereocenters. The van der Waals surface area contributed by atoms with Crippen LogP contribution in [0.25, 0.3) is 0 Å². The highest BCUT2D eigenvalue weighted by Gasteiger charge is 2.37. The van der Waals surface area contributed by atoms with Crippen LogP contribution in [0.4, 0.5) is 0 Å². The van der Waals surface area contributed by atoms with E-state index >= 15 is 0 Å². The highest BCUT2D eigenvalue weighted by Crippen LogP contribution is 2.46. The first-order valence-electron chi connectivity index (χ1n) is 5.28. The van der Waals surface area contributed by atoms with Crippen LogP contribution in [0.5, 0.6) is 0 Å². The molecule has 1 heteroatoms. The molecule has 0 unspecified atom stereocenters. The van der Waals surface area contributed by atoms with Crippen LogP contribution >= 0.6 is 0 Å². The molecular formula is C13H17N. The van der Waals surface area contributed by atoms with Crippen molar-refractivity contribution in [1.82, 2.24) is 5.32 Å². The zero-order chi connectivity index (χ0) is 9.80. The summed E-state index contributed by atoms with van der Waals surface area (Å²) in [6.07, 6.45) is 3.26. The van der Waals surface area contributed by atoms with Gasteiger partial charge in [-0.15, -0.1) is 6.58 Å². The van der Waals surface area contributed by atoms with Crippen molar-refractivity contribution in [3.8, 4) is 0 Å². The van der Waals surface area contributed by atoms with Crippen molar-refractivity contribution in [3.63, 3.8) is 0 Å². The van der Waals surface area contributed by atoms with Crippen molar-refractivity contribution in [1.29, 1.82) is 0 Å². The maximum Gasteiger partial charge on any atom is 0.0132 e. The molecule has 0 heterocycles. The van der Waals surface area contributed by atoms with E-state index < -0.39 is 0 Å². The summed E-state index contributed by atoms with van der Waals surface area (Å²) in [5.74, 6) is 1.64. The second kappa shape index (κ2) is 4.43. The molecule has 1 aromatic carbocycles. The summed E-state index contributed by atoms with van der Waals surface area (Å²) < 4.78 is 0. The molecule has 14 heavy (non-hydrogen) atoms. The summed E-state index contributed by atoms with van der Waals surface area (Å²) in [6.45, 7) is 5.75. The fourth-order valence-corrected chi connectivity index (χ4v) is 1.95. The predicted octanol–water partition coefficient (Wildman–Crippen LogP) is 2.57. The summed E-state index contributed by atoms with van der Waals surface area (Å²) in [5, 5.41) is 3.38. The molecule has 1 aliphatic carbocycles. The summed E-state index contributed by atoms with van der Waals surface area (Å²) in [5.41, 5.74) is 1.50. The van der Waals surface area contributed by atoms with Crippen molar-refractivity contribution in [2.24, 2.45) is 5.92 Å². The molecule has 0 aromatic heterocycles. The Labute approximate surface area is 85.8 Å². The molecule has 0 radical (unpaired) electrons. The molecule has 1 N–H and O–H groups in total. The van der Waals surface area contributed by atoms with Gasteiger partial charge >= 0.3 is 0 Å². The van der Waals surface area contributed by atoms with Gasteiger partial charge in [-0.2, -0.15) is 0 Å². The van der Waals surface area contributed by atoms with Crippen LogP contribution < -0.4 is 5.32 Å². The van der Waals surface area contributed by atoms with Crippen LogP contribution in [0.1, 0.15) is 17.9 Å². The molecule has 0 bridgehead atoms. The van der Waals surface area contributed by atoms with Gasteiger partial charge in [0.25, 0.3) is 0 Å². The Balaban J connectivity index is 1.79. The number of nitrogens with one attached hydrogen (secondary N) is 1. The number of benzene rings is 1. The summed E-state index contributed by atoms with van der Waals surface area (Å²) in [7, 11) is 0. The molecule has 1 saturated carbocycles. The van der Waals surface area contributed by atoms with E-state index in [9.17, 15) is 0 Å². The third kappa shape index (κ3) is 2.24. The standard InChI is InChI=1S/C13H17N/c1-2-8-14-10-12-9-13(12)11-6-4-3-5-7-11/h2-7,12-14H,1,8-10H2/t12-,13-/m0/s1. The average Bonchev–Trinajstić information content (AvgIpc) is 2.99. The number of hydrogen-bond acceptors (Lipinski definition) is 1. The molecule has 74 valence electrons. The SMILES string of the molecule is C=CCNC[C@@H]1C[C@H]1c1ccccc1. The fraction of sp³-hybridized carbons (Fsp3) is 0.385. The van der Waals surface area contributed by atoms with Crippen molar-refractivity contribution < 1.29 is 0 Å². The smallest absolute Gasteiger partial charge is 0.0132 e. The maximum atomic E-state index is 3.69. The first kappa shape index (κ1) is 9.47. The number of rotatable bonds is 5. The lowest BCUT2D eigenvalue weighted by molar-refractivity contribution is 0.668. The Kier molecular flexibility index (Phi) is 3.00. The Morgan fingerprint density at radius 3 is 2.86 bits per heavy atom. The van der Waals surface area contributed by atoms with Crippen molar-refractivity contribution in [2.45, 2.75) is 12.3 Å². The van der Waals surface area contributed by atoms with Gasteiger partial charge in [0.05, 0.1) is 0 Å². The third-order valence-corrected chi connectivity index (χ3v) is 2.85. The minimum absolute atomic E-state index is 0.800. The summed E-state index contributed by atoms with van der Waals surface area (Å²) in [4.78, 5) is 0. The van der Waals surface area contributed by atoms with Crippen LogP contribution in [0.15, 0.2) is 43.0 Å². The highest BCUT2D eigenvalue weighted by molar-refractivity contribution is 5.25. The normalized spacial score (nSPS) is 24.6. The van der Waals surface area contributed by atoms with Gasteiger partial charge in [0.1, 0.15) is 0 Å². The Morgan fingerprint density at radius 2 is 2.14 bits per heavy atom. The average molecular weight is 187 g/mol. The van der Waals surface area contributed by atoms with Gasteiger partial charge in [0.2, 0.25) is 0 Å². The van der Waals surface area contributed by atoms with E-state index in [1.165, 1.54) is 12.0 Å². The van der Waals surface area contributed by atoms with Gasteiger partial charge in [0.15, 0.2) is 0 Å². The Hall–Kier alpha value is -1.08. The van der Waals surface area contributed by atoms with E-state index in [0.717, 1.165) is 24.9 Å². The monoisotopic (exact) mass is 187 g/mol. The minimum Gasteiger partial charge on any atom is -0.313 e. The zero-order valence-electron chi connectivity index (χ0n) is 8.45. The van der Waals surface area contributed by atoms with Crippen LogP contribution in [-0.4, -0.2) is 13.1 Å². The van der Waals surface area contributed by atoms with E-state index in [4.69, 9.17) is 0 Å². The second-order valence-corrected chi connectivity index (χ2v) is 3.96. The molecule has 0 spiro atoms. The van der Waals surface area contributed by atoms with Crippen LogP contribution in [-0.2, 0) is 0 Å². The molecule has 1 fully saturated rings. The van der Waals surface area contributed by atoms with Crippen molar-refractivity contribution in [2.75, 3.05) is 13.1 Å². The molecule has 2 rings (SSSR count). The van der Waals surface area contributed by atoms with Gasteiger partial charge in [-0.3, -0.25) is 0 Å². The van der Waals surface area contributed by atoms with Gasteiger partial charge in [-0.1, -0.05) is 36.4 Å². The maximum absolute atomic E-state index is 3.69. The van der Waals surface area contributed by atoms with Crippen LogP contribution in [0.2, 0.25) is 0 Å². The lowest BCUT2D eigenvalue weighted by atomic mass is 10.1. The van der Waals surface area contributed by atoms with E-state index in [0.29, 0.717) is 0 Å². The highest BCUT2D eigenvalue weighted by atomic mass is 14.9. The van der Waals surface area contributed by atoms with Crippen molar-refractivity contribution in [3.05, 3.63) is 48.6 Å². The first-order chi connectivity index (χ1) is 6.92. The molecule has 0 amide bonds. The molecule has 0 aliphatic heterocycles. The van der Waals surface area contributed by atoms with Gasteiger partial charge in [-0.25, -0.2) is 0 Å². The lowest BCUT2D eigenvalue weighted by Crippen LogP contribution is -2.16. The molecular weight excluding hydrogens is 170 g/mol.